The monoisotopic (exact) mass is 389 g/mol. The van der Waals surface area contributed by atoms with E-state index in [9.17, 15) is 14.9 Å². The van der Waals surface area contributed by atoms with Crippen molar-refractivity contribution in [3.63, 3.8) is 0 Å². The van der Waals surface area contributed by atoms with Gasteiger partial charge in [0, 0.05) is 49.8 Å². The predicted octanol–water partition coefficient (Wildman–Crippen LogP) is 2.29. The number of aromatic nitrogens is 3. The van der Waals surface area contributed by atoms with Gasteiger partial charge in [0.25, 0.3) is 5.56 Å². The van der Waals surface area contributed by atoms with Crippen LogP contribution in [0.2, 0.25) is 0 Å². The van der Waals surface area contributed by atoms with E-state index in [0.717, 1.165) is 17.4 Å². The van der Waals surface area contributed by atoms with Gasteiger partial charge in [-0.25, -0.2) is 4.79 Å². The van der Waals surface area contributed by atoms with Crippen LogP contribution in [0.1, 0.15) is 30.0 Å². The fourth-order valence-electron chi connectivity index (χ4n) is 4.19. The first kappa shape index (κ1) is 18.8. The normalized spacial score (nSPS) is 14.1. The molecule has 1 aliphatic rings. The molecule has 29 heavy (non-hydrogen) atoms. The summed E-state index contributed by atoms with van der Waals surface area (Å²) in [7, 11) is 2.99. The van der Waals surface area contributed by atoms with Crippen LogP contribution in [-0.2, 0) is 20.5 Å². The Balaban J connectivity index is 1.73. The fraction of sp³-hybridized carbons (Fsp3) is 0.318. The number of benzene rings is 1. The predicted molar refractivity (Wildman–Crippen MR) is 114 cm³/mol. The molecule has 1 aliphatic heterocycles. The largest absolute Gasteiger partial charge is 0.360 e. The molecule has 7 heteroatoms. The van der Waals surface area contributed by atoms with Crippen molar-refractivity contribution in [2.45, 2.75) is 19.8 Å². The number of aryl methyl sites for hydroxylation is 1. The minimum Gasteiger partial charge on any atom is -0.360 e. The molecule has 0 unspecified atom stereocenters. The Kier molecular flexibility index (Phi) is 4.63. The molecule has 0 fully saturated rings. The van der Waals surface area contributed by atoms with Crippen molar-refractivity contribution in [2.24, 2.45) is 14.1 Å². The molecule has 3 heterocycles. The fourth-order valence-corrected chi connectivity index (χ4v) is 4.19. The van der Waals surface area contributed by atoms with Gasteiger partial charge in [-0.1, -0.05) is 31.2 Å². The van der Waals surface area contributed by atoms with E-state index in [1.54, 1.807) is 7.05 Å². The number of anilines is 1. The molecule has 2 aromatic heterocycles. The number of nitriles is 1. The average Bonchev–Trinajstić information content (AvgIpc) is 3.19. The Morgan fingerprint density at radius 2 is 2.00 bits per heavy atom. The lowest BCUT2D eigenvalue weighted by Crippen LogP contribution is -2.43. The lowest BCUT2D eigenvalue weighted by molar-refractivity contribution is 0.659. The van der Waals surface area contributed by atoms with Gasteiger partial charge >= 0.3 is 5.69 Å². The van der Waals surface area contributed by atoms with Crippen LogP contribution in [0, 0.1) is 11.3 Å². The van der Waals surface area contributed by atoms with Crippen molar-refractivity contribution in [1.29, 1.82) is 5.26 Å². The summed E-state index contributed by atoms with van der Waals surface area (Å²) in [6.07, 6.45) is 5.91. The highest BCUT2D eigenvalue weighted by atomic mass is 16.2. The van der Waals surface area contributed by atoms with Crippen LogP contribution in [0.3, 0.4) is 0 Å². The Morgan fingerprint density at radius 3 is 2.66 bits per heavy atom. The first-order valence-corrected chi connectivity index (χ1v) is 9.71. The van der Waals surface area contributed by atoms with Crippen molar-refractivity contribution in [3.8, 4) is 6.07 Å². The molecule has 0 saturated heterocycles. The number of hydrogen-bond acceptors (Lipinski definition) is 4. The zero-order valence-corrected chi connectivity index (χ0v) is 16.8. The van der Waals surface area contributed by atoms with Crippen LogP contribution in [0.4, 0.5) is 5.82 Å². The maximum atomic E-state index is 12.4. The van der Waals surface area contributed by atoms with Gasteiger partial charge in [-0.2, -0.15) is 5.26 Å². The summed E-state index contributed by atoms with van der Waals surface area (Å²) in [6, 6.07) is 8.34. The summed E-state index contributed by atoms with van der Waals surface area (Å²) < 4.78 is 2.36. The van der Waals surface area contributed by atoms with Gasteiger partial charge in [0.2, 0.25) is 0 Å². The molecule has 7 nitrogen and oxygen atoms in total. The van der Waals surface area contributed by atoms with Gasteiger partial charge < -0.3 is 9.88 Å². The van der Waals surface area contributed by atoms with Crippen molar-refractivity contribution in [1.82, 2.24) is 14.1 Å². The Hall–Kier alpha value is -3.53. The second-order valence-electron chi connectivity index (χ2n) is 7.34. The summed E-state index contributed by atoms with van der Waals surface area (Å²) in [5.74, 6) is 0.392. The molecule has 0 amide bonds. The number of H-pyrrole nitrogens is 1. The van der Waals surface area contributed by atoms with E-state index in [-0.39, 0.29) is 5.56 Å². The van der Waals surface area contributed by atoms with Crippen LogP contribution >= 0.6 is 0 Å². The smallest absolute Gasteiger partial charge is 0.332 e. The zero-order chi connectivity index (χ0) is 20.7. The van der Waals surface area contributed by atoms with E-state index in [1.807, 2.05) is 11.0 Å². The molecule has 0 spiro atoms. The lowest BCUT2D eigenvalue weighted by atomic mass is 9.97. The molecule has 1 aromatic carbocycles. The summed E-state index contributed by atoms with van der Waals surface area (Å²) in [4.78, 5) is 30.1. The molecule has 0 aliphatic carbocycles. The number of hydrogen-bond donors (Lipinski definition) is 1. The number of nitrogens with one attached hydrogen (secondary N) is 1. The van der Waals surface area contributed by atoms with Crippen LogP contribution in [-0.4, -0.2) is 27.2 Å². The molecular formula is C22H23N5O2. The molecular weight excluding hydrogens is 366 g/mol. The Morgan fingerprint density at radius 1 is 1.21 bits per heavy atom. The third-order valence-corrected chi connectivity index (χ3v) is 5.78. The van der Waals surface area contributed by atoms with Gasteiger partial charge in [-0.3, -0.25) is 13.9 Å². The number of nitrogens with zero attached hydrogens (tertiary/aromatic N) is 4. The average molecular weight is 389 g/mol. The van der Waals surface area contributed by atoms with Gasteiger partial charge in [0.15, 0.2) is 5.56 Å². The second-order valence-corrected chi connectivity index (χ2v) is 7.34. The first-order valence-electron chi connectivity index (χ1n) is 9.71. The van der Waals surface area contributed by atoms with Crippen molar-refractivity contribution >= 4 is 22.3 Å². The maximum absolute atomic E-state index is 12.4. The second kappa shape index (κ2) is 7.13. The summed E-state index contributed by atoms with van der Waals surface area (Å²) in [5, 5.41) is 10.7. The van der Waals surface area contributed by atoms with E-state index in [2.05, 4.69) is 42.4 Å². The topological polar surface area (TPSA) is 86.8 Å². The van der Waals surface area contributed by atoms with E-state index in [0.29, 0.717) is 18.9 Å². The standard InChI is InChI=1S/C22H23N5O2/c1-4-14-6-5-7-16-18(13-24-19(14)16)15-8-10-27(11-9-15)20-17(12-23)21(28)26(3)22(29)25(20)2/h5-8,13,24H,4,9-11H2,1-3H3. The van der Waals surface area contributed by atoms with Crippen molar-refractivity contribution in [2.75, 3.05) is 18.0 Å². The van der Waals surface area contributed by atoms with E-state index < -0.39 is 11.2 Å². The number of aromatic amines is 1. The minimum atomic E-state index is -0.552. The molecule has 0 atom stereocenters. The van der Waals surface area contributed by atoms with Gasteiger partial charge in [-0.15, -0.1) is 0 Å². The van der Waals surface area contributed by atoms with Crippen LogP contribution in [0.15, 0.2) is 40.1 Å². The summed E-state index contributed by atoms with van der Waals surface area (Å²) in [5.41, 5.74) is 3.91. The summed E-state index contributed by atoms with van der Waals surface area (Å²) >= 11 is 0. The van der Waals surface area contributed by atoms with Gasteiger partial charge in [-0.05, 0) is 24.0 Å². The summed E-state index contributed by atoms with van der Waals surface area (Å²) in [6.45, 7) is 3.31. The highest BCUT2D eigenvalue weighted by molar-refractivity contribution is 5.94. The van der Waals surface area contributed by atoms with Gasteiger partial charge in [0.1, 0.15) is 11.9 Å². The Bertz CT molecular complexity index is 1300. The molecule has 1 N–H and O–H groups in total. The van der Waals surface area contributed by atoms with Gasteiger partial charge in [0.05, 0.1) is 0 Å². The lowest BCUT2D eigenvalue weighted by Gasteiger charge is -2.30. The van der Waals surface area contributed by atoms with Crippen LogP contribution < -0.4 is 16.1 Å². The number of para-hydroxylation sites is 1. The van der Waals surface area contributed by atoms with Crippen LogP contribution in [0.25, 0.3) is 16.5 Å². The third-order valence-electron chi connectivity index (χ3n) is 5.78. The minimum absolute atomic E-state index is 0.00568. The van der Waals surface area contributed by atoms with Crippen LogP contribution in [0.5, 0.6) is 0 Å². The molecule has 3 aromatic rings. The molecule has 148 valence electrons. The maximum Gasteiger partial charge on any atom is 0.332 e. The van der Waals surface area contributed by atoms with E-state index in [4.69, 9.17) is 0 Å². The third kappa shape index (κ3) is 2.88. The highest BCUT2D eigenvalue weighted by Crippen LogP contribution is 2.32. The number of rotatable bonds is 3. The Labute approximate surface area is 168 Å². The molecule has 0 saturated carbocycles. The highest BCUT2D eigenvalue weighted by Gasteiger charge is 2.23. The number of fused-ring (bicyclic) bond motifs is 1. The SMILES string of the molecule is CCc1cccc2c(C3=CCN(c4c(C#N)c(=O)n(C)c(=O)n4C)CC3)c[nH]c12. The van der Waals surface area contributed by atoms with E-state index in [1.165, 1.54) is 39.2 Å². The molecule has 0 bridgehead atoms. The van der Waals surface area contributed by atoms with Crippen molar-refractivity contribution in [3.05, 3.63) is 68.0 Å². The molecule has 4 rings (SSSR count). The van der Waals surface area contributed by atoms with E-state index >= 15 is 0 Å². The van der Waals surface area contributed by atoms with Crippen molar-refractivity contribution < 1.29 is 0 Å². The molecule has 0 radical (unpaired) electrons. The quantitative estimate of drug-likeness (QED) is 0.745. The zero-order valence-electron chi connectivity index (χ0n) is 16.8. The first-order chi connectivity index (χ1) is 14.0.